The van der Waals surface area contributed by atoms with Crippen LogP contribution in [0.5, 0.6) is 5.75 Å². The van der Waals surface area contributed by atoms with E-state index in [4.69, 9.17) is 11.6 Å². The molecule has 0 radical (unpaired) electrons. The highest BCUT2D eigenvalue weighted by Gasteiger charge is 2.13. The zero-order chi connectivity index (χ0) is 12.1. The smallest absolute Gasteiger partial charge is 0.251 e. The molecule has 0 aliphatic rings. The van der Waals surface area contributed by atoms with Crippen molar-refractivity contribution >= 4 is 17.5 Å². The molecule has 1 aromatic carbocycles. The third kappa shape index (κ3) is 3.14. The third-order valence-corrected chi connectivity index (χ3v) is 2.84. The van der Waals surface area contributed by atoms with E-state index in [2.05, 4.69) is 5.32 Å². The Morgan fingerprint density at radius 3 is 2.75 bits per heavy atom. The molecule has 4 heteroatoms. The molecule has 1 rings (SSSR count). The normalized spacial score (nSPS) is 12.2. The summed E-state index contributed by atoms with van der Waals surface area (Å²) in [5.74, 6) is 0.419. The Morgan fingerprint density at radius 2 is 2.25 bits per heavy atom. The fourth-order valence-corrected chi connectivity index (χ4v) is 1.71. The van der Waals surface area contributed by atoms with E-state index >= 15 is 0 Å². The highest BCUT2D eigenvalue weighted by molar-refractivity contribution is 6.18. The first kappa shape index (κ1) is 12.8. The molecule has 2 N–H and O–H groups in total. The van der Waals surface area contributed by atoms with Gasteiger partial charge in [0.15, 0.2) is 0 Å². The Labute approximate surface area is 100 Å². The van der Waals surface area contributed by atoms with Crippen LogP contribution < -0.4 is 5.32 Å². The standard InChI is InChI=1S/C12H16ClNO2/c1-3-9(7-13)14-12(16)11-5-4-10(15)6-8(11)2/h4-6,9,15H,3,7H2,1-2H3,(H,14,16). The maximum Gasteiger partial charge on any atom is 0.251 e. The molecular formula is C12H16ClNO2. The number of phenols is 1. The Hall–Kier alpha value is -1.22. The van der Waals surface area contributed by atoms with E-state index in [1.165, 1.54) is 6.07 Å². The predicted molar refractivity (Wildman–Crippen MR) is 65.1 cm³/mol. The number of hydrogen-bond donors (Lipinski definition) is 2. The Kier molecular flexibility index (Phi) is 4.62. The van der Waals surface area contributed by atoms with Gasteiger partial charge in [0.1, 0.15) is 5.75 Å². The molecule has 1 aromatic rings. The van der Waals surface area contributed by atoms with E-state index in [0.717, 1.165) is 12.0 Å². The SMILES string of the molecule is CCC(CCl)NC(=O)c1ccc(O)cc1C. The van der Waals surface area contributed by atoms with Gasteiger partial charge >= 0.3 is 0 Å². The van der Waals surface area contributed by atoms with Gasteiger partial charge in [-0.1, -0.05) is 6.92 Å². The summed E-state index contributed by atoms with van der Waals surface area (Å²) in [6.45, 7) is 3.76. The van der Waals surface area contributed by atoms with Crippen LogP contribution in [0.3, 0.4) is 0 Å². The summed E-state index contributed by atoms with van der Waals surface area (Å²) >= 11 is 5.71. The molecular weight excluding hydrogens is 226 g/mol. The number of rotatable bonds is 4. The average Bonchev–Trinajstić information content (AvgIpc) is 2.25. The van der Waals surface area contributed by atoms with Crippen LogP contribution >= 0.6 is 11.6 Å². The molecule has 1 amide bonds. The van der Waals surface area contributed by atoms with E-state index in [-0.39, 0.29) is 17.7 Å². The van der Waals surface area contributed by atoms with Gasteiger partial charge in [-0.3, -0.25) is 4.79 Å². The first-order valence-electron chi connectivity index (χ1n) is 5.25. The molecule has 0 saturated heterocycles. The predicted octanol–water partition coefficient (Wildman–Crippen LogP) is 2.45. The summed E-state index contributed by atoms with van der Waals surface area (Å²) < 4.78 is 0. The maximum atomic E-state index is 11.9. The number of carbonyl (C=O) groups excluding carboxylic acids is 1. The minimum atomic E-state index is -0.148. The number of nitrogens with one attached hydrogen (secondary N) is 1. The van der Waals surface area contributed by atoms with Crippen LogP contribution in [0, 0.1) is 6.92 Å². The van der Waals surface area contributed by atoms with Gasteiger partial charge in [-0.15, -0.1) is 11.6 Å². The van der Waals surface area contributed by atoms with Gasteiger partial charge in [-0.25, -0.2) is 0 Å². The number of alkyl halides is 1. The first-order valence-corrected chi connectivity index (χ1v) is 5.78. The van der Waals surface area contributed by atoms with E-state index in [1.807, 2.05) is 6.92 Å². The number of carbonyl (C=O) groups is 1. The molecule has 0 saturated carbocycles. The molecule has 1 unspecified atom stereocenters. The van der Waals surface area contributed by atoms with Crippen molar-refractivity contribution in [2.75, 3.05) is 5.88 Å². The topological polar surface area (TPSA) is 49.3 Å². The van der Waals surface area contributed by atoms with Gasteiger partial charge in [0, 0.05) is 17.5 Å². The number of amides is 1. The summed E-state index contributed by atoms with van der Waals surface area (Å²) in [4.78, 5) is 11.9. The van der Waals surface area contributed by atoms with Crippen LogP contribution in [0.1, 0.15) is 29.3 Å². The molecule has 0 bridgehead atoms. The van der Waals surface area contributed by atoms with Crippen molar-refractivity contribution in [2.24, 2.45) is 0 Å². The van der Waals surface area contributed by atoms with Crippen LogP contribution in [0.2, 0.25) is 0 Å². The Balaban J connectivity index is 2.80. The summed E-state index contributed by atoms with van der Waals surface area (Å²) in [5, 5.41) is 12.1. The number of halogens is 1. The molecule has 1 atom stereocenters. The zero-order valence-corrected chi connectivity index (χ0v) is 10.2. The van der Waals surface area contributed by atoms with Crippen LogP contribution in [-0.4, -0.2) is 22.9 Å². The molecule has 0 fully saturated rings. The molecule has 16 heavy (non-hydrogen) atoms. The van der Waals surface area contributed by atoms with Crippen molar-refractivity contribution in [1.29, 1.82) is 0 Å². The lowest BCUT2D eigenvalue weighted by atomic mass is 10.1. The van der Waals surface area contributed by atoms with Gasteiger partial charge in [0.2, 0.25) is 0 Å². The number of phenolic OH excluding ortho intramolecular Hbond substituents is 1. The summed E-state index contributed by atoms with van der Waals surface area (Å²) in [7, 11) is 0. The van der Waals surface area contributed by atoms with Crippen LogP contribution in [0.25, 0.3) is 0 Å². The van der Waals surface area contributed by atoms with Gasteiger partial charge in [0.25, 0.3) is 5.91 Å². The summed E-state index contributed by atoms with van der Waals surface area (Å²) in [6, 6.07) is 4.67. The van der Waals surface area contributed by atoms with Crippen LogP contribution in [-0.2, 0) is 0 Å². The number of aryl methyl sites for hydroxylation is 1. The lowest BCUT2D eigenvalue weighted by Crippen LogP contribution is -2.35. The molecule has 0 spiro atoms. The fraction of sp³-hybridized carbons (Fsp3) is 0.417. The number of aromatic hydroxyl groups is 1. The maximum absolute atomic E-state index is 11.9. The van der Waals surface area contributed by atoms with Crippen molar-refractivity contribution < 1.29 is 9.90 Å². The van der Waals surface area contributed by atoms with Gasteiger partial charge in [0.05, 0.1) is 0 Å². The molecule has 0 aliphatic heterocycles. The minimum Gasteiger partial charge on any atom is -0.508 e. The first-order chi connectivity index (χ1) is 7.58. The van der Waals surface area contributed by atoms with E-state index in [0.29, 0.717) is 11.4 Å². The summed E-state index contributed by atoms with van der Waals surface area (Å²) in [5.41, 5.74) is 1.32. The summed E-state index contributed by atoms with van der Waals surface area (Å²) in [6.07, 6.45) is 0.798. The van der Waals surface area contributed by atoms with Crippen molar-refractivity contribution in [3.8, 4) is 5.75 Å². The number of hydrogen-bond acceptors (Lipinski definition) is 2. The molecule has 0 aliphatic carbocycles. The second-order valence-electron chi connectivity index (χ2n) is 3.73. The lowest BCUT2D eigenvalue weighted by molar-refractivity contribution is 0.0939. The largest absolute Gasteiger partial charge is 0.508 e. The Morgan fingerprint density at radius 1 is 1.56 bits per heavy atom. The van der Waals surface area contributed by atoms with Gasteiger partial charge in [-0.05, 0) is 37.1 Å². The molecule has 88 valence electrons. The molecule has 0 heterocycles. The van der Waals surface area contributed by atoms with Crippen molar-refractivity contribution in [1.82, 2.24) is 5.32 Å². The van der Waals surface area contributed by atoms with Crippen molar-refractivity contribution in [2.45, 2.75) is 26.3 Å². The monoisotopic (exact) mass is 241 g/mol. The fourth-order valence-electron chi connectivity index (χ4n) is 1.42. The number of benzene rings is 1. The van der Waals surface area contributed by atoms with Crippen LogP contribution in [0.15, 0.2) is 18.2 Å². The molecule has 3 nitrogen and oxygen atoms in total. The highest BCUT2D eigenvalue weighted by Crippen LogP contribution is 2.15. The van der Waals surface area contributed by atoms with Gasteiger partial charge < -0.3 is 10.4 Å². The van der Waals surface area contributed by atoms with E-state index < -0.39 is 0 Å². The zero-order valence-electron chi connectivity index (χ0n) is 9.46. The second-order valence-corrected chi connectivity index (χ2v) is 4.04. The lowest BCUT2D eigenvalue weighted by Gasteiger charge is -2.14. The highest BCUT2D eigenvalue weighted by atomic mass is 35.5. The van der Waals surface area contributed by atoms with E-state index in [9.17, 15) is 9.90 Å². The van der Waals surface area contributed by atoms with Crippen LogP contribution in [0.4, 0.5) is 0 Å². The van der Waals surface area contributed by atoms with Crippen molar-refractivity contribution in [3.05, 3.63) is 29.3 Å². The second kappa shape index (κ2) is 5.75. The third-order valence-electron chi connectivity index (χ3n) is 2.47. The Bertz CT molecular complexity index is 375. The van der Waals surface area contributed by atoms with E-state index in [1.54, 1.807) is 19.1 Å². The molecule has 0 aromatic heterocycles. The van der Waals surface area contributed by atoms with Gasteiger partial charge in [-0.2, -0.15) is 0 Å². The average molecular weight is 242 g/mol. The van der Waals surface area contributed by atoms with Crippen molar-refractivity contribution in [3.63, 3.8) is 0 Å². The minimum absolute atomic E-state index is 0.0117. The quantitative estimate of drug-likeness (QED) is 0.796.